The number of aryl methyl sites for hydroxylation is 1. The molecule has 46 heavy (non-hydrogen) atoms. The number of nitro benzene ring substituents is 1. The van der Waals surface area contributed by atoms with Crippen molar-refractivity contribution in [2.75, 3.05) is 15.5 Å². The van der Waals surface area contributed by atoms with Crippen LogP contribution < -0.4 is 21.0 Å². The Morgan fingerprint density at radius 2 is 1.80 bits per heavy atom. The fourth-order valence-electron chi connectivity index (χ4n) is 4.23. The fraction of sp³-hybridized carbons (Fsp3) is 0.0690. The average Bonchev–Trinajstić information content (AvgIpc) is 3.01. The molecule has 0 spiro atoms. The largest absolute Gasteiger partial charge is 0.339 e. The van der Waals surface area contributed by atoms with E-state index >= 15 is 0 Å². The number of benzene rings is 3. The van der Waals surface area contributed by atoms with E-state index in [2.05, 4.69) is 25.6 Å². The molecule has 3 N–H and O–H groups in total. The van der Waals surface area contributed by atoms with Crippen LogP contribution in [0, 0.1) is 17.0 Å². The predicted octanol–water partition coefficient (Wildman–Crippen LogP) is 6.87. The topological polar surface area (TPSA) is 160 Å². The molecule has 0 aliphatic heterocycles. The van der Waals surface area contributed by atoms with E-state index in [1.807, 2.05) is 0 Å². The molecule has 0 bridgehead atoms. The lowest BCUT2D eigenvalue weighted by Crippen LogP contribution is -2.22. The molecule has 0 amide bonds. The molecule has 0 aliphatic carbocycles. The van der Waals surface area contributed by atoms with E-state index in [9.17, 15) is 32.1 Å². The van der Waals surface area contributed by atoms with Gasteiger partial charge in [0.2, 0.25) is 0 Å². The van der Waals surface area contributed by atoms with Gasteiger partial charge in [0, 0.05) is 28.9 Å². The van der Waals surface area contributed by atoms with E-state index < -0.39 is 36.8 Å². The van der Waals surface area contributed by atoms with Crippen molar-refractivity contribution in [1.29, 1.82) is 0 Å². The summed E-state index contributed by atoms with van der Waals surface area (Å²) in [4.78, 5) is 28.7. The number of hydrogen-bond donors (Lipinski definition) is 3. The molecule has 12 nitrogen and oxygen atoms in total. The Morgan fingerprint density at radius 1 is 1.07 bits per heavy atom. The number of hydrogen-bond acceptors (Lipinski definition) is 10. The molecular weight excluding hydrogens is 664 g/mol. The second kappa shape index (κ2) is 13.5. The molecule has 2 aromatic heterocycles. The lowest BCUT2D eigenvalue weighted by molar-refractivity contribution is -0.385. The van der Waals surface area contributed by atoms with Crippen LogP contribution >= 0.6 is 23.4 Å². The molecule has 0 atom stereocenters. The molecule has 0 unspecified atom stereocenters. The summed E-state index contributed by atoms with van der Waals surface area (Å²) in [7, 11) is -4.43. The van der Waals surface area contributed by atoms with Gasteiger partial charge in [-0.25, -0.2) is 13.4 Å². The molecule has 0 saturated heterocycles. The van der Waals surface area contributed by atoms with Crippen LogP contribution in [0.3, 0.4) is 0 Å². The van der Waals surface area contributed by atoms with Crippen LogP contribution in [0.5, 0.6) is 0 Å². The Hall–Kier alpha value is -5.06. The Labute approximate surface area is 269 Å². The monoisotopic (exact) mass is 685 g/mol. The first-order valence-electron chi connectivity index (χ1n) is 13.1. The molecule has 3 aromatic carbocycles. The third kappa shape index (κ3) is 7.25. The van der Waals surface area contributed by atoms with E-state index in [0.717, 1.165) is 24.4 Å². The van der Waals surface area contributed by atoms with Gasteiger partial charge >= 0.3 is 0 Å². The standard InChI is InChI=1S/C29H22ClF2N7O5S2/c1-17-5-4-14-38-27(17)35-26(34-18-8-11-20(12-9-18)45-29(31)32)21(28(38)40)16-33-36-24-13-10-19(39(41)42)15-25(24)46(43,44)37-23-7-3-2-6-22(23)30/h2-16,29,34,36-37H,1H3/b33-16-. The smallest absolute Gasteiger partial charge is 0.288 e. The number of rotatable bonds is 11. The summed E-state index contributed by atoms with van der Waals surface area (Å²) in [5, 5.41) is 18.7. The van der Waals surface area contributed by atoms with Crippen molar-refractivity contribution >= 4 is 73.8 Å². The molecule has 17 heteroatoms. The van der Waals surface area contributed by atoms with Gasteiger partial charge in [0.25, 0.3) is 27.0 Å². The van der Waals surface area contributed by atoms with Gasteiger partial charge in [-0.15, -0.1) is 0 Å². The number of sulfonamides is 1. The highest BCUT2D eigenvalue weighted by molar-refractivity contribution is 7.99. The van der Waals surface area contributed by atoms with Crippen LogP contribution in [0.15, 0.2) is 105 Å². The third-order valence-electron chi connectivity index (χ3n) is 6.39. The highest BCUT2D eigenvalue weighted by Crippen LogP contribution is 2.31. The Balaban J connectivity index is 1.53. The van der Waals surface area contributed by atoms with Gasteiger partial charge in [0.1, 0.15) is 21.9 Å². The summed E-state index contributed by atoms with van der Waals surface area (Å²) in [6.45, 7) is 1.77. The quantitative estimate of drug-likeness (QED) is 0.0583. The number of anilines is 4. The first-order valence-corrected chi connectivity index (χ1v) is 15.9. The molecule has 5 aromatic rings. The second-order valence-corrected chi connectivity index (χ2v) is 12.6. The molecule has 2 heterocycles. The zero-order chi connectivity index (χ0) is 33.0. The van der Waals surface area contributed by atoms with Crippen LogP contribution in [-0.2, 0) is 10.0 Å². The van der Waals surface area contributed by atoms with Crippen molar-refractivity contribution in [2.45, 2.75) is 22.5 Å². The van der Waals surface area contributed by atoms with Gasteiger partial charge in [-0.2, -0.15) is 13.9 Å². The molecular formula is C29H22ClF2N7O5S2. The van der Waals surface area contributed by atoms with E-state index in [1.165, 1.54) is 34.9 Å². The van der Waals surface area contributed by atoms with Crippen molar-refractivity contribution in [3.63, 3.8) is 0 Å². The molecule has 0 fully saturated rings. The molecule has 236 valence electrons. The number of nitrogens with one attached hydrogen (secondary N) is 3. The van der Waals surface area contributed by atoms with Crippen LogP contribution in [0.4, 0.5) is 37.3 Å². The predicted molar refractivity (Wildman–Crippen MR) is 174 cm³/mol. The third-order valence-corrected chi connectivity index (χ3v) is 8.85. The number of pyridine rings is 1. The highest BCUT2D eigenvalue weighted by Gasteiger charge is 2.24. The van der Waals surface area contributed by atoms with Gasteiger partial charge in [-0.1, -0.05) is 41.6 Å². The Morgan fingerprint density at radius 3 is 2.50 bits per heavy atom. The van der Waals surface area contributed by atoms with E-state index in [4.69, 9.17) is 11.6 Å². The van der Waals surface area contributed by atoms with Gasteiger partial charge < -0.3 is 5.32 Å². The lowest BCUT2D eigenvalue weighted by Gasteiger charge is -2.13. The fourth-order valence-corrected chi connectivity index (χ4v) is 6.22. The van der Waals surface area contributed by atoms with Gasteiger partial charge in [0.15, 0.2) is 0 Å². The summed E-state index contributed by atoms with van der Waals surface area (Å²) >= 11 is 6.50. The minimum atomic E-state index is -4.43. The molecule has 0 radical (unpaired) electrons. The summed E-state index contributed by atoms with van der Waals surface area (Å²) in [6.07, 6.45) is 2.64. The normalized spacial score (nSPS) is 11.7. The van der Waals surface area contributed by atoms with Gasteiger partial charge in [0.05, 0.1) is 27.5 Å². The summed E-state index contributed by atoms with van der Waals surface area (Å²) < 4.78 is 55.8. The van der Waals surface area contributed by atoms with Gasteiger partial charge in [-0.05, 0) is 61.0 Å². The zero-order valence-electron chi connectivity index (χ0n) is 23.5. The van der Waals surface area contributed by atoms with Crippen molar-refractivity contribution in [3.05, 3.63) is 122 Å². The van der Waals surface area contributed by atoms with Crippen molar-refractivity contribution < 1.29 is 22.1 Å². The number of halogens is 3. The minimum absolute atomic E-state index is 0.0397. The Bertz CT molecular complexity index is 2150. The number of nitro groups is 1. The number of aromatic nitrogens is 2. The summed E-state index contributed by atoms with van der Waals surface area (Å²) in [5.74, 6) is -2.51. The molecule has 0 aliphatic rings. The van der Waals surface area contributed by atoms with E-state index in [1.54, 1.807) is 43.3 Å². The first-order chi connectivity index (χ1) is 21.9. The van der Waals surface area contributed by atoms with Crippen molar-refractivity contribution in [2.24, 2.45) is 5.10 Å². The minimum Gasteiger partial charge on any atom is -0.339 e. The number of para-hydroxylation sites is 1. The van der Waals surface area contributed by atoms with Crippen molar-refractivity contribution in [3.8, 4) is 0 Å². The average molecular weight is 686 g/mol. The maximum Gasteiger partial charge on any atom is 0.288 e. The number of fused-ring (bicyclic) bond motifs is 1. The van der Waals surface area contributed by atoms with Crippen LogP contribution in [-0.4, -0.2) is 34.7 Å². The number of hydrazone groups is 1. The number of alkyl halides is 2. The first kappa shape index (κ1) is 32.3. The van der Waals surface area contributed by atoms with E-state index in [0.29, 0.717) is 33.6 Å². The van der Waals surface area contributed by atoms with Crippen LogP contribution in [0.1, 0.15) is 11.1 Å². The summed E-state index contributed by atoms with van der Waals surface area (Å²) in [5.41, 5.74) is 2.88. The number of non-ortho nitro benzene ring substituents is 1. The summed E-state index contributed by atoms with van der Waals surface area (Å²) in [6, 6.07) is 18.6. The Kier molecular flexibility index (Phi) is 9.50. The number of thioether (sulfide) groups is 1. The SMILES string of the molecule is Cc1cccn2c(=O)c(/C=N\Nc3ccc([N+](=O)[O-])cc3S(=O)(=O)Nc3ccccc3Cl)c(Nc3ccc(SC(F)F)cc3)nc12. The second-order valence-electron chi connectivity index (χ2n) is 9.48. The lowest BCUT2D eigenvalue weighted by atomic mass is 10.2. The van der Waals surface area contributed by atoms with Crippen LogP contribution in [0.25, 0.3) is 5.65 Å². The maximum atomic E-state index is 13.6. The zero-order valence-corrected chi connectivity index (χ0v) is 25.9. The van der Waals surface area contributed by atoms with Crippen LogP contribution in [0.2, 0.25) is 5.02 Å². The van der Waals surface area contributed by atoms with E-state index in [-0.39, 0.29) is 27.8 Å². The van der Waals surface area contributed by atoms with Crippen molar-refractivity contribution in [1.82, 2.24) is 9.38 Å². The number of nitrogens with zero attached hydrogens (tertiary/aromatic N) is 4. The molecule has 0 saturated carbocycles. The maximum absolute atomic E-state index is 13.6. The highest BCUT2D eigenvalue weighted by atomic mass is 35.5. The van der Waals surface area contributed by atoms with Gasteiger partial charge in [-0.3, -0.25) is 29.5 Å². The molecule has 5 rings (SSSR count).